The predicted octanol–water partition coefficient (Wildman–Crippen LogP) is 6.98. The summed E-state index contributed by atoms with van der Waals surface area (Å²) in [5, 5.41) is 4.83. The molecular formula is C10H20S12. The number of rotatable bonds is 13. The first-order chi connectivity index (χ1) is 10.5. The van der Waals surface area contributed by atoms with Crippen LogP contribution in [-0.2, 0) is 0 Å². The van der Waals surface area contributed by atoms with Crippen LogP contribution in [0.1, 0.15) is 6.92 Å². The lowest BCUT2D eigenvalue weighted by Gasteiger charge is -2.37. The molecule has 0 aromatic heterocycles. The molecule has 2 atom stereocenters. The van der Waals surface area contributed by atoms with E-state index < -0.39 is 0 Å². The van der Waals surface area contributed by atoms with Gasteiger partial charge in [-0.05, 0) is 6.92 Å². The minimum Gasteiger partial charge on any atom is -0.168 e. The summed E-state index contributed by atoms with van der Waals surface area (Å²) in [5.41, 5.74) is 0. The van der Waals surface area contributed by atoms with Crippen LogP contribution in [0.4, 0.5) is 0 Å². The molecule has 0 aliphatic carbocycles. The predicted molar refractivity (Wildman–Crippen MR) is 141 cm³/mol. The molecule has 0 aromatic carbocycles. The minimum absolute atomic E-state index is 0.315. The van der Waals surface area contributed by atoms with Crippen LogP contribution in [0.3, 0.4) is 0 Å². The van der Waals surface area contributed by atoms with Gasteiger partial charge in [-0.2, -0.15) is 50.5 Å². The Labute approximate surface area is 191 Å². The quantitative estimate of drug-likeness (QED) is 0.148. The first kappa shape index (κ1) is 24.2. The Morgan fingerprint density at radius 1 is 0.909 bits per heavy atom. The highest BCUT2D eigenvalue weighted by Gasteiger charge is 2.36. The van der Waals surface area contributed by atoms with Crippen LogP contribution in [0.25, 0.3) is 0 Å². The second-order valence-electron chi connectivity index (χ2n) is 3.77. The molecule has 1 heterocycles. The van der Waals surface area contributed by atoms with Gasteiger partial charge in [0.2, 0.25) is 0 Å². The van der Waals surface area contributed by atoms with Gasteiger partial charge in [-0.15, -0.1) is 94.1 Å². The lowest BCUT2D eigenvalue weighted by molar-refractivity contribution is 1.30. The molecule has 1 fully saturated rings. The maximum atomic E-state index is 4.73. The maximum Gasteiger partial charge on any atom is 0.107 e. The third kappa shape index (κ3) is 9.94. The molecule has 0 amide bonds. The lowest BCUT2D eigenvalue weighted by atomic mass is 10.9. The fraction of sp³-hybridized carbons (Fsp3) is 1.00. The van der Waals surface area contributed by atoms with Gasteiger partial charge in [0.15, 0.2) is 0 Å². The van der Waals surface area contributed by atoms with E-state index in [0.29, 0.717) is 16.5 Å². The van der Waals surface area contributed by atoms with Crippen LogP contribution >= 0.6 is 145 Å². The average molecular weight is 525 g/mol. The fourth-order valence-electron chi connectivity index (χ4n) is 1.31. The van der Waals surface area contributed by atoms with Crippen LogP contribution in [0.2, 0.25) is 0 Å². The summed E-state index contributed by atoms with van der Waals surface area (Å²) in [7, 11) is 0. The summed E-state index contributed by atoms with van der Waals surface area (Å²) in [6.07, 6.45) is 0. The van der Waals surface area contributed by atoms with Crippen molar-refractivity contribution in [2.75, 3.05) is 25.4 Å². The Kier molecular flexibility index (Phi) is 15.7. The van der Waals surface area contributed by atoms with Crippen molar-refractivity contribution in [1.82, 2.24) is 0 Å². The molecular weight excluding hydrogens is 505 g/mol. The molecule has 0 aromatic rings. The summed E-state index contributed by atoms with van der Waals surface area (Å²) >= 11 is 33.5. The van der Waals surface area contributed by atoms with Gasteiger partial charge in [0.25, 0.3) is 0 Å². The van der Waals surface area contributed by atoms with Crippen molar-refractivity contribution in [3.05, 3.63) is 0 Å². The highest BCUT2D eigenvalue weighted by Crippen LogP contribution is 2.60. The number of hydrogen-bond donors (Lipinski definition) is 4. The van der Waals surface area contributed by atoms with E-state index in [1.165, 1.54) is 5.08 Å². The fourth-order valence-corrected chi connectivity index (χ4v) is 17.3. The third-order valence-corrected chi connectivity index (χ3v) is 16.3. The van der Waals surface area contributed by atoms with Crippen molar-refractivity contribution >= 4 is 145 Å². The van der Waals surface area contributed by atoms with Gasteiger partial charge in [-0.3, -0.25) is 0 Å². The molecule has 0 spiro atoms. The van der Waals surface area contributed by atoms with Crippen molar-refractivity contribution in [1.29, 1.82) is 0 Å². The van der Waals surface area contributed by atoms with E-state index in [9.17, 15) is 0 Å². The van der Waals surface area contributed by atoms with E-state index in [-0.39, 0.29) is 0 Å². The number of hydrogen-bond acceptors (Lipinski definition) is 12. The monoisotopic (exact) mass is 524 g/mol. The molecule has 0 saturated carbocycles. The lowest BCUT2D eigenvalue weighted by Crippen LogP contribution is -2.21. The summed E-state index contributed by atoms with van der Waals surface area (Å²) in [4.78, 5) is 0. The van der Waals surface area contributed by atoms with Crippen molar-refractivity contribution in [3.8, 4) is 0 Å². The van der Waals surface area contributed by atoms with Crippen molar-refractivity contribution < 1.29 is 0 Å². The summed E-state index contributed by atoms with van der Waals surface area (Å²) in [6.45, 7) is 2.30. The summed E-state index contributed by atoms with van der Waals surface area (Å²) < 4.78 is 1.69. The number of thioether (sulfide) groups is 8. The Morgan fingerprint density at radius 3 is 1.82 bits per heavy atom. The highest BCUT2D eigenvalue weighted by molar-refractivity contribution is 8.48. The van der Waals surface area contributed by atoms with E-state index in [4.69, 9.17) is 12.6 Å². The molecule has 132 valence electrons. The van der Waals surface area contributed by atoms with E-state index in [1.807, 2.05) is 94.1 Å². The topological polar surface area (TPSA) is 0 Å². The zero-order valence-corrected chi connectivity index (χ0v) is 21.9. The van der Waals surface area contributed by atoms with Gasteiger partial charge in [-0.25, -0.2) is 0 Å². The molecule has 2 unspecified atom stereocenters. The van der Waals surface area contributed by atoms with Crippen LogP contribution in [-0.4, -0.2) is 41.9 Å². The van der Waals surface area contributed by atoms with Crippen LogP contribution < -0.4 is 0 Å². The van der Waals surface area contributed by atoms with Gasteiger partial charge in [-0.1, -0.05) is 0 Å². The Balaban J connectivity index is 2.32. The Hall–Kier alpha value is 4.20. The summed E-state index contributed by atoms with van der Waals surface area (Å²) in [6, 6.07) is 0. The second-order valence-corrected chi connectivity index (χ2v) is 19.5. The van der Waals surface area contributed by atoms with Crippen LogP contribution in [0, 0.1) is 0 Å². The van der Waals surface area contributed by atoms with Crippen LogP contribution in [0.15, 0.2) is 0 Å². The second kappa shape index (κ2) is 14.2. The molecule has 1 saturated heterocycles. The average Bonchev–Trinajstić information content (AvgIpc) is 2.44. The molecule has 1 rings (SSSR count). The molecule has 0 N–H and O–H groups in total. The van der Waals surface area contributed by atoms with Crippen LogP contribution in [0.5, 0.6) is 0 Å². The van der Waals surface area contributed by atoms with E-state index in [0.717, 1.165) is 20.3 Å². The smallest absolute Gasteiger partial charge is 0.107 e. The standard InChI is InChI=1S/C10H20S12/c1-10(20-6-21-10)22-9(14)19-5-18-8(17-4-13)7(15-2-11)16-3-12/h7-9,11-14H,2-6H2,1H3. The molecule has 0 bridgehead atoms. The van der Waals surface area contributed by atoms with Crippen molar-refractivity contribution in [2.45, 2.75) is 23.4 Å². The third-order valence-electron chi connectivity index (χ3n) is 2.34. The highest BCUT2D eigenvalue weighted by atomic mass is 32.3. The first-order valence-electron chi connectivity index (χ1n) is 6.09. The minimum atomic E-state index is 0.315. The Bertz CT molecular complexity index is 279. The van der Waals surface area contributed by atoms with Gasteiger partial charge >= 0.3 is 0 Å². The Morgan fingerprint density at radius 2 is 1.41 bits per heavy atom. The molecule has 0 nitrogen and oxygen atoms in total. The zero-order valence-electron chi connectivity index (χ0n) is 11.8. The van der Waals surface area contributed by atoms with E-state index in [2.05, 4.69) is 44.8 Å². The van der Waals surface area contributed by atoms with Gasteiger partial charge in [0, 0.05) is 25.4 Å². The molecule has 1 aliphatic rings. The molecule has 22 heavy (non-hydrogen) atoms. The van der Waals surface area contributed by atoms with Gasteiger partial charge in [0.1, 0.15) is 3.41 Å². The van der Waals surface area contributed by atoms with E-state index in [1.54, 1.807) is 0 Å². The molecule has 0 radical (unpaired) electrons. The van der Waals surface area contributed by atoms with Crippen molar-refractivity contribution in [2.24, 2.45) is 0 Å². The number of thiol groups is 4. The largest absolute Gasteiger partial charge is 0.168 e. The van der Waals surface area contributed by atoms with Gasteiger partial charge < -0.3 is 0 Å². The first-order valence-corrected chi connectivity index (χ1v) is 16.6. The molecule has 1 aliphatic heterocycles. The van der Waals surface area contributed by atoms with Crippen molar-refractivity contribution in [3.63, 3.8) is 0 Å². The molecule has 12 heteroatoms. The van der Waals surface area contributed by atoms with E-state index >= 15 is 0 Å². The summed E-state index contributed by atoms with van der Waals surface area (Å²) in [5.74, 6) is 0. The zero-order chi connectivity index (χ0) is 16.4. The van der Waals surface area contributed by atoms with Gasteiger partial charge in [0.05, 0.1) is 13.1 Å². The SMILES string of the molecule is CC1(SC(S)SCSC(SCS)C(SCS)SCS)SCS1. The maximum absolute atomic E-state index is 4.73. The normalized spacial score (nSPS) is 19.9.